The molecule has 2 rings (SSSR count). The van der Waals surface area contributed by atoms with E-state index in [0.717, 1.165) is 16.2 Å². The Labute approximate surface area is 80.7 Å². The van der Waals surface area contributed by atoms with Crippen LogP contribution >= 0.6 is 11.3 Å². The van der Waals surface area contributed by atoms with Crippen molar-refractivity contribution in [1.29, 1.82) is 0 Å². The molecule has 0 fully saturated rings. The van der Waals surface area contributed by atoms with E-state index in [0.29, 0.717) is 0 Å². The number of hydrogen-bond donors (Lipinski definition) is 0. The van der Waals surface area contributed by atoms with E-state index in [4.69, 9.17) is 9.47 Å². The predicted octanol–water partition coefficient (Wildman–Crippen LogP) is 2.92. The normalized spacial score (nSPS) is 10.3. The fourth-order valence-electron chi connectivity index (χ4n) is 1.34. The van der Waals surface area contributed by atoms with Crippen LogP contribution in [-0.4, -0.2) is 14.2 Å². The summed E-state index contributed by atoms with van der Waals surface area (Å²) in [5.74, 6) is 1.62. The van der Waals surface area contributed by atoms with Gasteiger partial charge in [0.25, 0.3) is 0 Å². The molecule has 0 N–H and O–H groups in total. The second kappa shape index (κ2) is 3.26. The van der Waals surface area contributed by atoms with Crippen molar-refractivity contribution in [3.05, 3.63) is 23.6 Å². The van der Waals surface area contributed by atoms with Crippen LogP contribution in [0.2, 0.25) is 0 Å². The molecule has 1 aromatic carbocycles. The highest BCUT2D eigenvalue weighted by atomic mass is 32.1. The number of hydrogen-bond acceptors (Lipinski definition) is 3. The lowest BCUT2D eigenvalue weighted by Gasteiger charge is -2.07. The number of benzene rings is 1. The van der Waals surface area contributed by atoms with Gasteiger partial charge in [-0.05, 0) is 29.0 Å². The Kier molecular flexibility index (Phi) is 2.10. The zero-order valence-electron chi connectivity index (χ0n) is 7.53. The molecule has 1 heterocycles. The predicted molar refractivity (Wildman–Crippen MR) is 54.9 cm³/mol. The third kappa shape index (κ3) is 1.25. The van der Waals surface area contributed by atoms with Gasteiger partial charge in [0.15, 0.2) is 11.5 Å². The van der Waals surface area contributed by atoms with Gasteiger partial charge in [-0.2, -0.15) is 0 Å². The fraction of sp³-hybridized carbons (Fsp3) is 0.200. The Hall–Kier alpha value is -1.22. The monoisotopic (exact) mass is 194 g/mol. The Balaban J connectivity index is 2.74. The molecule has 68 valence electrons. The second-order valence-electron chi connectivity index (χ2n) is 2.64. The summed E-state index contributed by atoms with van der Waals surface area (Å²) in [5, 5.41) is 3.25. The lowest BCUT2D eigenvalue weighted by atomic mass is 10.2. The van der Waals surface area contributed by atoms with Crippen LogP contribution in [0.25, 0.3) is 10.1 Å². The van der Waals surface area contributed by atoms with Gasteiger partial charge in [0.2, 0.25) is 0 Å². The number of rotatable bonds is 2. The van der Waals surface area contributed by atoms with Crippen LogP contribution in [0.15, 0.2) is 23.6 Å². The molecule has 0 aliphatic carbocycles. The molecule has 0 aliphatic heterocycles. The van der Waals surface area contributed by atoms with Crippen LogP contribution in [-0.2, 0) is 0 Å². The van der Waals surface area contributed by atoms with Crippen LogP contribution < -0.4 is 9.47 Å². The molecule has 2 nitrogen and oxygen atoms in total. The smallest absolute Gasteiger partial charge is 0.178 e. The van der Waals surface area contributed by atoms with Gasteiger partial charge >= 0.3 is 0 Å². The lowest BCUT2D eigenvalue weighted by molar-refractivity contribution is 0.359. The molecular weight excluding hydrogens is 184 g/mol. The molecule has 3 heteroatoms. The van der Waals surface area contributed by atoms with Crippen molar-refractivity contribution in [3.8, 4) is 11.5 Å². The second-order valence-corrected chi connectivity index (χ2v) is 3.56. The number of fused-ring (bicyclic) bond motifs is 1. The van der Waals surface area contributed by atoms with E-state index in [1.54, 1.807) is 25.6 Å². The van der Waals surface area contributed by atoms with Crippen LogP contribution in [0, 0.1) is 0 Å². The Morgan fingerprint density at radius 1 is 1.08 bits per heavy atom. The summed E-state index contributed by atoms with van der Waals surface area (Å²) in [7, 11) is 3.31. The van der Waals surface area contributed by atoms with Gasteiger partial charge in [-0.15, -0.1) is 11.3 Å². The van der Waals surface area contributed by atoms with Gasteiger partial charge in [-0.1, -0.05) is 0 Å². The first-order chi connectivity index (χ1) is 6.36. The Bertz CT molecular complexity index is 420. The molecule has 0 bridgehead atoms. The van der Waals surface area contributed by atoms with Gasteiger partial charge in [0.05, 0.1) is 18.9 Å². The van der Waals surface area contributed by atoms with Crippen molar-refractivity contribution in [2.45, 2.75) is 0 Å². The first-order valence-corrected chi connectivity index (χ1v) is 4.83. The molecule has 0 saturated carbocycles. The summed E-state index contributed by atoms with van der Waals surface area (Å²) in [4.78, 5) is 0. The highest BCUT2D eigenvalue weighted by Gasteiger charge is 2.08. The SMILES string of the molecule is COc1ccc2ccsc2c1OC. The molecule has 0 radical (unpaired) electrons. The first-order valence-electron chi connectivity index (χ1n) is 3.95. The standard InChI is InChI=1S/C10H10O2S/c1-11-8-4-3-7-5-6-13-10(7)9(8)12-2/h3-6H,1-2H3. The van der Waals surface area contributed by atoms with Crippen molar-refractivity contribution in [2.75, 3.05) is 14.2 Å². The maximum Gasteiger partial charge on any atom is 0.178 e. The van der Waals surface area contributed by atoms with Crippen LogP contribution in [0.4, 0.5) is 0 Å². The van der Waals surface area contributed by atoms with Crippen molar-refractivity contribution >= 4 is 21.4 Å². The molecule has 0 atom stereocenters. The van der Waals surface area contributed by atoms with Crippen molar-refractivity contribution < 1.29 is 9.47 Å². The van der Waals surface area contributed by atoms with Gasteiger partial charge in [0.1, 0.15) is 0 Å². The summed E-state index contributed by atoms with van der Waals surface area (Å²) < 4.78 is 11.6. The highest BCUT2D eigenvalue weighted by Crippen LogP contribution is 2.38. The summed E-state index contributed by atoms with van der Waals surface area (Å²) in [5.41, 5.74) is 0. The van der Waals surface area contributed by atoms with Crippen LogP contribution in [0.3, 0.4) is 0 Å². The zero-order valence-corrected chi connectivity index (χ0v) is 8.35. The number of methoxy groups -OCH3 is 2. The lowest BCUT2D eigenvalue weighted by Crippen LogP contribution is -1.89. The minimum atomic E-state index is 0.789. The molecule has 0 unspecified atom stereocenters. The quantitative estimate of drug-likeness (QED) is 0.731. The van der Waals surface area contributed by atoms with Crippen LogP contribution in [0.5, 0.6) is 11.5 Å². The number of thiophene rings is 1. The van der Waals surface area contributed by atoms with Crippen molar-refractivity contribution in [2.24, 2.45) is 0 Å². The third-order valence-electron chi connectivity index (χ3n) is 1.96. The highest BCUT2D eigenvalue weighted by molar-refractivity contribution is 7.17. The molecule has 0 amide bonds. The molecule has 13 heavy (non-hydrogen) atoms. The van der Waals surface area contributed by atoms with Gasteiger partial charge in [-0.25, -0.2) is 0 Å². The zero-order chi connectivity index (χ0) is 9.26. The minimum absolute atomic E-state index is 0.789. The third-order valence-corrected chi connectivity index (χ3v) is 2.89. The Morgan fingerprint density at radius 3 is 2.62 bits per heavy atom. The topological polar surface area (TPSA) is 18.5 Å². The van der Waals surface area contributed by atoms with E-state index in [9.17, 15) is 0 Å². The molecular formula is C10H10O2S. The van der Waals surface area contributed by atoms with Gasteiger partial charge in [0, 0.05) is 0 Å². The van der Waals surface area contributed by atoms with E-state index >= 15 is 0 Å². The summed E-state index contributed by atoms with van der Waals surface area (Å²) in [6.07, 6.45) is 0. The van der Waals surface area contributed by atoms with Crippen molar-refractivity contribution in [3.63, 3.8) is 0 Å². The number of ether oxygens (including phenoxy) is 2. The molecule has 0 aliphatic rings. The van der Waals surface area contributed by atoms with E-state index < -0.39 is 0 Å². The maximum absolute atomic E-state index is 5.29. The fourth-order valence-corrected chi connectivity index (χ4v) is 2.26. The summed E-state index contributed by atoms with van der Waals surface area (Å²) in [6, 6.07) is 6.03. The maximum atomic E-state index is 5.29. The molecule has 0 saturated heterocycles. The van der Waals surface area contributed by atoms with E-state index in [1.165, 1.54) is 5.39 Å². The van der Waals surface area contributed by atoms with Crippen LogP contribution in [0.1, 0.15) is 0 Å². The average Bonchev–Trinajstić information content (AvgIpc) is 2.63. The van der Waals surface area contributed by atoms with Crippen molar-refractivity contribution in [1.82, 2.24) is 0 Å². The molecule has 2 aromatic rings. The van der Waals surface area contributed by atoms with Gasteiger partial charge in [-0.3, -0.25) is 0 Å². The van der Waals surface area contributed by atoms with Gasteiger partial charge < -0.3 is 9.47 Å². The minimum Gasteiger partial charge on any atom is -0.493 e. The van der Waals surface area contributed by atoms with E-state index in [-0.39, 0.29) is 0 Å². The largest absolute Gasteiger partial charge is 0.493 e. The average molecular weight is 194 g/mol. The first kappa shape index (κ1) is 8.38. The van der Waals surface area contributed by atoms with E-state index in [1.807, 2.05) is 17.5 Å². The molecule has 1 aromatic heterocycles. The van der Waals surface area contributed by atoms with E-state index in [2.05, 4.69) is 6.07 Å². The Morgan fingerprint density at radius 2 is 1.92 bits per heavy atom. The molecule has 0 spiro atoms. The summed E-state index contributed by atoms with van der Waals surface area (Å²) >= 11 is 1.66. The summed E-state index contributed by atoms with van der Waals surface area (Å²) in [6.45, 7) is 0.